The maximum atomic E-state index is 12.9. The van der Waals surface area contributed by atoms with Gasteiger partial charge in [0.15, 0.2) is 10.4 Å². The van der Waals surface area contributed by atoms with Crippen molar-refractivity contribution in [2.75, 3.05) is 0 Å². The van der Waals surface area contributed by atoms with Crippen LogP contribution in [0, 0.1) is 5.82 Å². The normalized spacial score (nSPS) is 12.6. The summed E-state index contributed by atoms with van der Waals surface area (Å²) < 4.78 is 18.9. The Bertz CT molecular complexity index is 722. The number of aromatic amines is 1. The molecule has 0 bridgehead atoms. The number of benzene rings is 1. The van der Waals surface area contributed by atoms with Crippen LogP contribution in [0.1, 0.15) is 17.4 Å². The molecule has 0 amide bonds. The zero-order valence-electron chi connectivity index (χ0n) is 10.2. The van der Waals surface area contributed by atoms with E-state index in [0.717, 1.165) is 5.56 Å². The highest BCUT2D eigenvalue weighted by molar-refractivity contribution is 9.10. The average Bonchev–Trinajstić information content (AvgIpc) is 3.07. The van der Waals surface area contributed by atoms with Gasteiger partial charge in [-0.15, -0.1) is 5.10 Å². The van der Waals surface area contributed by atoms with E-state index in [1.54, 1.807) is 24.3 Å². The fourth-order valence-electron chi connectivity index (χ4n) is 1.79. The molecule has 7 heteroatoms. The van der Waals surface area contributed by atoms with E-state index >= 15 is 0 Å². The Hall–Kier alpha value is -1.99. The summed E-state index contributed by atoms with van der Waals surface area (Å²) in [6.45, 7) is 0. The lowest BCUT2D eigenvalue weighted by molar-refractivity contribution is 0.551. The van der Waals surface area contributed by atoms with Crippen molar-refractivity contribution in [2.45, 2.75) is 6.04 Å². The molecule has 102 valence electrons. The summed E-state index contributed by atoms with van der Waals surface area (Å²) in [5.41, 5.74) is 6.81. The van der Waals surface area contributed by atoms with Crippen LogP contribution in [-0.2, 0) is 0 Å². The van der Waals surface area contributed by atoms with Gasteiger partial charge in [-0.05, 0) is 45.8 Å². The van der Waals surface area contributed by atoms with Crippen LogP contribution in [0.25, 0.3) is 11.6 Å². The molecule has 0 saturated heterocycles. The molecule has 1 aromatic carbocycles. The van der Waals surface area contributed by atoms with Crippen molar-refractivity contribution in [1.82, 2.24) is 15.2 Å². The lowest BCUT2D eigenvalue weighted by Gasteiger charge is -2.07. The second-order valence-corrected chi connectivity index (χ2v) is 4.96. The van der Waals surface area contributed by atoms with Crippen molar-refractivity contribution in [3.8, 4) is 11.6 Å². The number of rotatable bonds is 3. The van der Waals surface area contributed by atoms with Gasteiger partial charge in [-0.25, -0.2) is 9.37 Å². The van der Waals surface area contributed by atoms with Gasteiger partial charge in [0, 0.05) is 0 Å². The second-order valence-electron chi connectivity index (χ2n) is 4.18. The molecule has 0 radical (unpaired) electrons. The second kappa shape index (κ2) is 5.18. The number of hydrogen-bond acceptors (Lipinski definition) is 4. The first-order valence-corrected chi connectivity index (χ1v) is 6.62. The summed E-state index contributed by atoms with van der Waals surface area (Å²) in [6, 6.07) is 8.95. The summed E-state index contributed by atoms with van der Waals surface area (Å²) in [4.78, 5) is 4.29. The number of nitrogens with one attached hydrogen (secondary N) is 1. The van der Waals surface area contributed by atoms with E-state index in [1.807, 2.05) is 0 Å². The van der Waals surface area contributed by atoms with Crippen LogP contribution in [0.3, 0.4) is 0 Å². The maximum absolute atomic E-state index is 12.9. The number of nitrogens with two attached hydrogens (primary N) is 1. The van der Waals surface area contributed by atoms with Crippen LogP contribution in [0.5, 0.6) is 0 Å². The molecule has 3 aromatic rings. The summed E-state index contributed by atoms with van der Waals surface area (Å²) in [6.07, 6.45) is 0. The van der Waals surface area contributed by atoms with Gasteiger partial charge in [0.25, 0.3) is 0 Å². The smallest absolute Gasteiger partial charge is 0.217 e. The van der Waals surface area contributed by atoms with E-state index in [-0.39, 0.29) is 5.82 Å². The maximum Gasteiger partial charge on any atom is 0.217 e. The summed E-state index contributed by atoms with van der Waals surface area (Å²) in [7, 11) is 0. The number of nitrogens with zero attached hydrogens (tertiary/aromatic N) is 2. The van der Waals surface area contributed by atoms with Crippen molar-refractivity contribution in [3.05, 3.63) is 58.3 Å². The van der Waals surface area contributed by atoms with Crippen LogP contribution in [-0.4, -0.2) is 15.2 Å². The van der Waals surface area contributed by atoms with E-state index in [1.165, 1.54) is 12.1 Å². The first-order valence-electron chi connectivity index (χ1n) is 5.82. The predicted molar refractivity (Wildman–Crippen MR) is 74.2 cm³/mol. The molecule has 0 saturated carbocycles. The highest BCUT2D eigenvalue weighted by Crippen LogP contribution is 2.24. The Morgan fingerprint density at radius 2 is 1.95 bits per heavy atom. The Morgan fingerprint density at radius 3 is 2.60 bits per heavy atom. The summed E-state index contributed by atoms with van der Waals surface area (Å²) in [5, 5.41) is 6.83. The zero-order valence-corrected chi connectivity index (χ0v) is 11.8. The quantitative estimate of drug-likeness (QED) is 0.770. The third-order valence-electron chi connectivity index (χ3n) is 2.82. The first-order chi connectivity index (χ1) is 9.63. The van der Waals surface area contributed by atoms with Gasteiger partial charge < -0.3 is 10.2 Å². The van der Waals surface area contributed by atoms with Gasteiger partial charge in [0.05, 0.1) is 6.04 Å². The van der Waals surface area contributed by atoms with Gasteiger partial charge in [-0.2, -0.15) is 0 Å². The molecule has 0 aliphatic carbocycles. The van der Waals surface area contributed by atoms with E-state index in [9.17, 15) is 4.39 Å². The number of hydrogen-bond donors (Lipinski definition) is 2. The fraction of sp³-hybridized carbons (Fsp3) is 0.0769. The molecule has 0 fully saturated rings. The van der Waals surface area contributed by atoms with Gasteiger partial charge in [-0.1, -0.05) is 12.1 Å². The minimum atomic E-state index is -0.504. The average molecular weight is 337 g/mol. The molecule has 0 spiro atoms. The first kappa shape index (κ1) is 13.0. The molecule has 0 aliphatic heterocycles. The molecule has 0 aliphatic rings. The molecule has 5 nitrogen and oxygen atoms in total. The third kappa shape index (κ3) is 2.50. The summed E-state index contributed by atoms with van der Waals surface area (Å²) >= 11 is 3.22. The van der Waals surface area contributed by atoms with Gasteiger partial charge >= 0.3 is 0 Å². The van der Waals surface area contributed by atoms with Gasteiger partial charge in [0.1, 0.15) is 11.6 Å². The number of H-pyrrole nitrogens is 1. The lowest BCUT2D eigenvalue weighted by Crippen LogP contribution is -2.13. The van der Waals surface area contributed by atoms with Crippen molar-refractivity contribution in [2.24, 2.45) is 5.73 Å². The Labute approximate surface area is 122 Å². The lowest BCUT2D eigenvalue weighted by atomic mass is 10.1. The largest absolute Gasteiger partial charge is 0.446 e. The molecule has 2 aromatic heterocycles. The minimum absolute atomic E-state index is 0.306. The van der Waals surface area contributed by atoms with Crippen LogP contribution in [0.15, 0.2) is 45.5 Å². The van der Waals surface area contributed by atoms with Crippen LogP contribution in [0.4, 0.5) is 4.39 Å². The van der Waals surface area contributed by atoms with E-state index < -0.39 is 6.04 Å². The van der Waals surface area contributed by atoms with Crippen LogP contribution in [0.2, 0.25) is 0 Å². The fourth-order valence-corrected chi connectivity index (χ4v) is 2.09. The molecular formula is C13H10BrFN4O. The molecular weight excluding hydrogens is 327 g/mol. The molecule has 3 N–H and O–H groups in total. The monoisotopic (exact) mass is 336 g/mol. The van der Waals surface area contributed by atoms with Crippen LogP contribution < -0.4 is 5.73 Å². The zero-order chi connectivity index (χ0) is 14.1. The highest BCUT2D eigenvalue weighted by atomic mass is 79.9. The van der Waals surface area contributed by atoms with Crippen molar-refractivity contribution in [1.29, 1.82) is 0 Å². The van der Waals surface area contributed by atoms with Gasteiger partial charge in [-0.3, -0.25) is 5.10 Å². The Kier molecular flexibility index (Phi) is 3.37. The van der Waals surface area contributed by atoms with Gasteiger partial charge in [0.2, 0.25) is 5.82 Å². The summed E-state index contributed by atoms with van der Waals surface area (Å²) in [5.74, 6) is 1.13. The third-order valence-corrected chi connectivity index (χ3v) is 3.25. The highest BCUT2D eigenvalue weighted by Gasteiger charge is 2.16. The van der Waals surface area contributed by atoms with Crippen LogP contribution >= 0.6 is 15.9 Å². The van der Waals surface area contributed by atoms with Crippen molar-refractivity contribution in [3.63, 3.8) is 0 Å². The van der Waals surface area contributed by atoms with E-state index in [2.05, 4.69) is 31.1 Å². The molecule has 1 atom stereocenters. The SMILES string of the molecule is N[C@@H](c1ccc(F)cc1)c1nc(-c2ccc(Br)o2)n[nH]1. The Morgan fingerprint density at radius 1 is 1.20 bits per heavy atom. The Balaban J connectivity index is 1.88. The molecule has 20 heavy (non-hydrogen) atoms. The number of aromatic nitrogens is 3. The minimum Gasteiger partial charge on any atom is -0.446 e. The van der Waals surface area contributed by atoms with Crippen molar-refractivity contribution >= 4 is 15.9 Å². The van der Waals surface area contributed by atoms with E-state index in [4.69, 9.17) is 10.2 Å². The van der Waals surface area contributed by atoms with Crippen molar-refractivity contribution < 1.29 is 8.81 Å². The molecule has 3 rings (SSSR count). The topological polar surface area (TPSA) is 80.7 Å². The predicted octanol–water partition coefficient (Wildman–Crippen LogP) is 3.01. The molecule has 2 heterocycles. The molecule has 0 unspecified atom stereocenters. The number of furan rings is 1. The standard InChI is InChI=1S/C13H10BrFN4O/c14-10-6-5-9(20-10)12-17-13(19-18-12)11(16)7-1-3-8(15)4-2-7/h1-6,11H,16H2,(H,17,18,19)/t11-/m0/s1. The number of halogens is 2. The van der Waals surface area contributed by atoms with E-state index in [0.29, 0.717) is 22.1 Å².